The molecule has 0 bridgehead atoms. The van der Waals surface area contributed by atoms with Crippen molar-refractivity contribution in [3.05, 3.63) is 82.3 Å². The van der Waals surface area contributed by atoms with Gasteiger partial charge in [-0.1, -0.05) is 53.5 Å². The number of hydrogen-bond donors (Lipinski definition) is 1. The lowest BCUT2D eigenvalue weighted by atomic mass is 10.1. The minimum atomic E-state index is 0.718. The van der Waals surface area contributed by atoms with E-state index in [0.717, 1.165) is 103 Å². The number of anilines is 4. The van der Waals surface area contributed by atoms with Gasteiger partial charge >= 0.3 is 0 Å². The molecule has 3 heterocycles. The lowest BCUT2D eigenvalue weighted by Gasteiger charge is -2.36. The van der Waals surface area contributed by atoms with Crippen LogP contribution in [-0.4, -0.2) is 67.6 Å². The standard InChI is InChI=1S/C29H30Cl2N6O/c30-26-6-3-7-27(31)25(26)20-35-12-14-37(15-13-35)29-24-5-2-1-4-23(24)28(33-34-29)32-21-8-10-22(11-9-21)36-16-18-38-19-17-36/h1-11H,12-20H2,(H,32,33). The third-order valence-electron chi connectivity index (χ3n) is 7.29. The maximum Gasteiger partial charge on any atom is 0.161 e. The molecule has 4 aromatic rings. The highest BCUT2D eigenvalue weighted by Gasteiger charge is 2.22. The molecule has 6 rings (SSSR count). The summed E-state index contributed by atoms with van der Waals surface area (Å²) in [6, 6.07) is 22.5. The van der Waals surface area contributed by atoms with E-state index in [-0.39, 0.29) is 0 Å². The second-order valence-corrected chi connectivity index (χ2v) is 10.5. The van der Waals surface area contributed by atoms with E-state index in [1.54, 1.807) is 0 Å². The smallest absolute Gasteiger partial charge is 0.161 e. The Kier molecular flexibility index (Phi) is 7.51. The Hall–Kier alpha value is -3.10. The van der Waals surface area contributed by atoms with Gasteiger partial charge in [-0.15, -0.1) is 10.2 Å². The molecule has 196 valence electrons. The summed E-state index contributed by atoms with van der Waals surface area (Å²) in [5, 5.41) is 16.4. The van der Waals surface area contributed by atoms with Crippen molar-refractivity contribution < 1.29 is 4.74 Å². The fourth-order valence-corrected chi connectivity index (χ4v) is 5.67. The molecular weight excluding hydrogens is 519 g/mol. The van der Waals surface area contributed by atoms with Gasteiger partial charge in [0.25, 0.3) is 0 Å². The fraction of sp³-hybridized carbons (Fsp3) is 0.310. The molecule has 0 amide bonds. The number of ether oxygens (including phenoxy) is 1. The summed E-state index contributed by atoms with van der Waals surface area (Å²) in [5.41, 5.74) is 3.19. The van der Waals surface area contributed by atoms with E-state index >= 15 is 0 Å². The number of hydrogen-bond acceptors (Lipinski definition) is 7. The van der Waals surface area contributed by atoms with Crippen molar-refractivity contribution in [1.82, 2.24) is 15.1 Å². The highest BCUT2D eigenvalue weighted by molar-refractivity contribution is 6.35. The van der Waals surface area contributed by atoms with Crippen molar-refractivity contribution >= 4 is 57.0 Å². The third-order valence-corrected chi connectivity index (χ3v) is 8.00. The van der Waals surface area contributed by atoms with Crippen LogP contribution in [0.3, 0.4) is 0 Å². The topological polar surface area (TPSA) is 56.8 Å². The van der Waals surface area contributed by atoms with Crippen molar-refractivity contribution in [3.63, 3.8) is 0 Å². The Morgan fingerprint density at radius 1 is 0.711 bits per heavy atom. The van der Waals surface area contributed by atoms with E-state index < -0.39 is 0 Å². The molecule has 2 aliphatic rings. The Bertz CT molecular complexity index is 1380. The number of aromatic nitrogens is 2. The van der Waals surface area contributed by atoms with E-state index in [1.165, 1.54) is 5.69 Å². The van der Waals surface area contributed by atoms with Gasteiger partial charge in [0.05, 0.1) is 13.2 Å². The van der Waals surface area contributed by atoms with Crippen LogP contribution < -0.4 is 15.1 Å². The molecule has 1 aromatic heterocycles. The second kappa shape index (κ2) is 11.3. The minimum absolute atomic E-state index is 0.718. The zero-order valence-electron chi connectivity index (χ0n) is 21.1. The summed E-state index contributed by atoms with van der Waals surface area (Å²) >= 11 is 12.8. The first-order chi connectivity index (χ1) is 18.7. The minimum Gasteiger partial charge on any atom is -0.378 e. The van der Waals surface area contributed by atoms with Crippen LogP contribution in [0.5, 0.6) is 0 Å². The molecular formula is C29H30Cl2N6O. The van der Waals surface area contributed by atoms with Gasteiger partial charge in [0.1, 0.15) is 0 Å². The maximum atomic E-state index is 6.40. The molecule has 0 saturated carbocycles. The van der Waals surface area contributed by atoms with Crippen molar-refractivity contribution in [2.24, 2.45) is 0 Å². The molecule has 7 nitrogen and oxygen atoms in total. The van der Waals surface area contributed by atoms with E-state index in [1.807, 2.05) is 24.3 Å². The predicted octanol–water partition coefficient (Wildman–Crippen LogP) is 5.84. The SMILES string of the molecule is Clc1cccc(Cl)c1CN1CCN(c2nnc(Nc3ccc(N4CCOCC4)cc3)c3ccccc23)CC1. The maximum absolute atomic E-state index is 6.40. The fourth-order valence-electron chi connectivity index (χ4n) is 5.15. The van der Waals surface area contributed by atoms with Gasteiger partial charge < -0.3 is 19.9 Å². The number of nitrogens with zero attached hydrogens (tertiary/aromatic N) is 5. The van der Waals surface area contributed by atoms with E-state index in [4.69, 9.17) is 27.9 Å². The number of piperazine rings is 1. The van der Waals surface area contributed by atoms with Gasteiger partial charge in [-0.05, 0) is 36.4 Å². The number of rotatable bonds is 6. The Balaban J connectivity index is 1.16. The van der Waals surface area contributed by atoms with Crippen LogP contribution in [0.4, 0.5) is 23.0 Å². The number of nitrogens with one attached hydrogen (secondary N) is 1. The molecule has 0 atom stereocenters. The van der Waals surface area contributed by atoms with Gasteiger partial charge in [0.2, 0.25) is 0 Å². The molecule has 2 aliphatic heterocycles. The van der Waals surface area contributed by atoms with Crippen LogP contribution in [0.25, 0.3) is 10.8 Å². The average molecular weight is 550 g/mol. The van der Waals surface area contributed by atoms with Crippen LogP contribution in [0, 0.1) is 0 Å². The summed E-state index contributed by atoms with van der Waals surface area (Å²) in [5.74, 6) is 1.68. The van der Waals surface area contributed by atoms with Crippen molar-refractivity contribution in [1.29, 1.82) is 0 Å². The van der Waals surface area contributed by atoms with Gasteiger partial charge in [-0.3, -0.25) is 4.90 Å². The molecule has 2 fully saturated rings. The third kappa shape index (κ3) is 5.38. The molecule has 0 unspecified atom stereocenters. The van der Waals surface area contributed by atoms with Gasteiger partial charge in [-0.25, -0.2) is 0 Å². The number of benzene rings is 3. The summed E-state index contributed by atoms with van der Waals surface area (Å²) in [7, 11) is 0. The summed E-state index contributed by atoms with van der Waals surface area (Å²) < 4.78 is 5.47. The van der Waals surface area contributed by atoms with Crippen LogP contribution >= 0.6 is 23.2 Å². The molecule has 9 heteroatoms. The van der Waals surface area contributed by atoms with Crippen LogP contribution in [0.15, 0.2) is 66.7 Å². The molecule has 38 heavy (non-hydrogen) atoms. The normalized spacial score (nSPS) is 16.7. The molecule has 1 N–H and O–H groups in total. The Morgan fingerprint density at radius 3 is 2.11 bits per heavy atom. The van der Waals surface area contributed by atoms with Gasteiger partial charge in [0, 0.05) is 83.6 Å². The Morgan fingerprint density at radius 2 is 1.39 bits per heavy atom. The van der Waals surface area contributed by atoms with Gasteiger partial charge in [0.15, 0.2) is 11.6 Å². The average Bonchev–Trinajstić information content (AvgIpc) is 2.97. The van der Waals surface area contributed by atoms with E-state index in [9.17, 15) is 0 Å². The highest BCUT2D eigenvalue weighted by atomic mass is 35.5. The zero-order valence-corrected chi connectivity index (χ0v) is 22.6. The van der Waals surface area contributed by atoms with E-state index in [0.29, 0.717) is 0 Å². The van der Waals surface area contributed by atoms with E-state index in [2.05, 4.69) is 72.7 Å². The first-order valence-corrected chi connectivity index (χ1v) is 13.8. The van der Waals surface area contributed by atoms with Crippen molar-refractivity contribution in [2.45, 2.75) is 6.54 Å². The molecule has 0 aliphatic carbocycles. The molecule has 3 aromatic carbocycles. The first kappa shape index (κ1) is 25.2. The zero-order chi connectivity index (χ0) is 25.9. The predicted molar refractivity (Wildman–Crippen MR) is 156 cm³/mol. The van der Waals surface area contributed by atoms with Crippen LogP contribution in [0.2, 0.25) is 10.0 Å². The second-order valence-electron chi connectivity index (χ2n) is 9.65. The highest BCUT2D eigenvalue weighted by Crippen LogP contribution is 2.32. The van der Waals surface area contributed by atoms with Crippen molar-refractivity contribution in [3.8, 4) is 0 Å². The summed E-state index contributed by atoms with van der Waals surface area (Å²) in [6.45, 7) is 7.65. The number of fused-ring (bicyclic) bond motifs is 1. The largest absolute Gasteiger partial charge is 0.378 e. The molecule has 2 saturated heterocycles. The van der Waals surface area contributed by atoms with Crippen molar-refractivity contribution in [2.75, 3.05) is 67.6 Å². The molecule has 0 spiro atoms. The lowest BCUT2D eigenvalue weighted by Crippen LogP contribution is -2.46. The van der Waals surface area contributed by atoms with Gasteiger partial charge in [-0.2, -0.15) is 0 Å². The van der Waals surface area contributed by atoms with Crippen LogP contribution in [-0.2, 0) is 11.3 Å². The first-order valence-electron chi connectivity index (χ1n) is 13.0. The monoisotopic (exact) mass is 548 g/mol. The quantitative estimate of drug-likeness (QED) is 0.324. The lowest BCUT2D eigenvalue weighted by molar-refractivity contribution is 0.122. The molecule has 0 radical (unpaired) electrons. The number of morpholine rings is 1. The van der Waals surface area contributed by atoms with Crippen LogP contribution in [0.1, 0.15) is 5.56 Å². The summed E-state index contributed by atoms with van der Waals surface area (Å²) in [6.07, 6.45) is 0. The number of halogens is 2. The Labute approximate surface area is 232 Å². The summed E-state index contributed by atoms with van der Waals surface area (Å²) in [4.78, 5) is 7.05.